The van der Waals surface area contributed by atoms with Crippen LogP contribution in [0.25, 0.3) is 0 Å². The molecule has 0 saturated carbocycles. The number of hydrogen-bond acceptors (Lipinski definition) is 10. The van der Waals surface area contributed by atoms with Crippen molar-refractivity contribution in [3.8, 4) is 0 Å². The van der Waals surface area contributed by atoms with E-state index in [-0.39, 0.29) is 98.7 Å². The summed E-state index contributed by atoms with van der Waals surface area (Å²) in [6.45, 7) is 23.2. The Morgan fingerprint density at radius 3 is 1.26 bits per heavy atom. The molecule has 0 unspecified atom stereocenters. The van der Waals surface area contributed by atoms with Crippen LogP contribution in [0.4, 0.5) is 4.79 Å². The number of benzene rings is 7. The summed E-state index contributed by atoms with van der Waals surface area (Å²) in [6, 6.07) is 72.8. The van der Waals surface area contributed by atoms with Gasteiger partial charge in [-0.3, -0.25) is 4.90 Å². The molecule has 18 heteroatoms. The Kier molecular flexibility index (Phi) is 23.0. The van der Waals surface area contributed by atoms with Crippen molar-refractivity contribution in [3.05, 3.63) is 218 Å². The molecule has 0 spiro atoms. The van der Waals surface area contributed by atoms with Crippen LogP contribution in [0.1, 0.15) is 67.9 Å². The number of nitrogens with one attached hydrogen (secondary N) is 1. The van der Waals surface area contributed by atoms with E-state index >= 15 is 0 Å². The first-order chi connectivity index (χ1) is 44.1. The van der Waals surface area contributed by atoms with Gasteiger partial charge in [-0.1, -0.05) is 275 Å². The summed E-state index contributed by atoms with van der Waals surface area (Å²) in [6.07, 6.45) is -1.51. The second kappa shape index (κ2) is 30.2. The van der Waals surface area contributed by atoms with Crippen LogP contribution in [0.2, 0.25) is 15.1 Å². The molecule has 5 fully saturated rings. The molecular formula is C74H91Cl4N3O8Si3. The summed E-state index contributed by atoms with van der Waals surface area (Å²) in [5.74, 6) is 0.297. The molecule has 0 aromatic heterocycles. The molecule has 0 aliphatic carbocycles. The third kappa shape index (κ3) is 14.5. The van der Waals surface area contributed by atoms with Crippen LogP contribution in [-0.2, 0) is 38.8 Å². The molecule has 0 radical (unpaired) electrons. The van der Waals surface area contributed by atoms with Gasteiger partial charge in [0.25, 0.3) is 25.0 Å². The minimum atomic E-state index is -2.83. The first-order valence-electron chi connectivity index (χ1n) is 32.2. The van der Waals surface area contributed by atoms with Crippen molar-refractivity contribution >= 4 is 109 Å². The highest BCUT2D eigenvalue weighted by Gasteiger charge is 2.60. The lowest BCUT2D eigenvalue weighted by atomic mass is 10.1. The largest absolute Gasteiger partial charge is 0.445 e. The number of carbonyl (C=O) groups is 1. The Morgan fingerprint density at radius 1 is 0.522 bits per heavy atom. The SMILES string of the molecule is CC(C)(C)[Si](O[C@H]1CO[C@H]([C@H](Cl)CCl)[C@@H]1N)(c1ccccc1)c1ccccc1.CC(C)(C)[Si](O[C@H]1CO[C@H]2[C@@H]1N(C(=O)OCc1ccccc1)C[C@H]2Cl)(c1ccccc1)c1ccccc1.CC(C)(C)[Si](O[C@H]1CO[C@H]2[C@@H]1NC[C@H]2Cl)(c1ccccc1)c1ccccc1. The quantitative estimate of drug-likeness (QED) is 0.0714. The molecule has 7 aromatic carbocycles. The Morgan fingerprint density at radius 2 is 0.870 bits per heavy atom. The topological polar surface area (TPSA) is 123 Å². The zero-order valence-corrected chi connectivity index (χ0v) is 60.4. The van der Waals surface area contributed by atoms with Gasteiger partial charge in [0.1, 0.15) is 6.61 Å². The van der Waals surface area contributed by atoms with Crippen molar-refractivity contribution < 1.29 is 37.0 Å². The number of ether oxygens (including phenoxy) is 4. The summed E-state index contributed by atoms with van der Waals surface area (Å²) >= 11 is 25.4. The Balaban J connectivity index is 0.000000154. The van der Waals surface area contributed by atoms with Crippen molar-refractivity contribution in [1.82, 2.24) is 10.2 Å². The van der Waals surface area contributed by atoms with Gasteiger partial charge in [-0.05, 0) is 51.8 Å². The van der Waals surface area contributed by atoms with Crippen molar-refractivity contribution in [2.24, 2.45) is 5.73 Å². The Bertz CT molecular complexity index is 3300. The Labute approximate surface area is 569 Å². The van der Waals surface area contributed by atoms with E-state index in [1.54, 1.807) is 4.90 Å². The number of carbonyl (C=O) groups excluding carboxylic acids is 1. The first kappa shape index (κ1) is 70.1. The predicted octanol–water partition coefficient (Wildman–Crippen LogP) is 11.4. The lowest BCUT2D eigenvalue weighted by Crippen LogP contribution is -2.69. The van der Waals surface area contributed by atoms with Gasteiger partial charge in [0.2, 0.25) is 0 Å². The highest BCUT2D eigenvalue weighted by atomic mass is 35.5. The van der Waals surface area contributed by atoms with Crippen LogP contribution >= 0.6 is 46.4 Å². The fraction of sp³-hybridized carbons (Fsp3) is 0.419. The van der Waals surface area contributed by atoms with Crippen molar-refractivity contribution in [1.29, 1.82) is 0 Å². The maximum atomic E-state index is 13.3. The molecule has 3 N–H and O–H groups in total. The van der Waals surface area contributed by atoms with Crippen LogP contribution in [0, 0.1) is 0 Å². The normalized spacial score (nSPS) is 25.2. The fourth-order valence-electron chi connectivity index (χ4n) is 14.4. The minimum absolute atomic E-state index is 0.00468. The highest BCUT2D eigenvalue weighted by molar-refractivity contribution is 7.00. The maximum Gasteiger partial charge on any atom is 0.410 e. The van der Waals surface area contributed by atoms with Gasteiger partial charge in [0.05, 0.1) is 90.7 Å². The molecule has 5 saturated heterocycles. The van der Waals surface area contributed by atoms with Crippen LogP contribution in [0.5, 0.6) is 0 Å². The lowest BCUT2D eigenvalue weighted by Gasteiger charge is -2.45. The average Bonchev–Trinajstić information content (AvgIpc) is 1.20. The summed E-state index contributed by atoms with van der Waals surface area (Å²) in [7, 11) is -8.06. The third-order valence-corrected chi connectivity index (χ3v) is 35.7. The molecule has 1 amide bonds. The molecule has 5 aliphatic heterocycles. The standard InChI is InChI=1S/C30H34ClNO4Si.C22H29Cl2NO2Si.C22H28ClNO2Si/c1-30(2,3)37(23-15-9-5-10-16-23,24-17-11-6-12-18-24)36-26-21-34-28-25(31)19-32(27(26)28)29(33)35-20-22-13-7-4-8-14-22;1-22(2,3)28(16-10-6-4-7-11-16,17-12-8-5-9-13-17)27-19-15-26-21(20(19)25)18(24)14-23;1-22(2,3)27(16-10-6-4-7-11-16,17-12-8-5-9-13-17)26-19-15-25-21-18(23)14-24-20(19)21/h4-18,25-28H,19-21H2,1-3H3;4-13,18-21H,14-15,25H2,1-3H3;4-13,18-21,24H,14-15H2,1-3H3/t25-,26+,27-,28-;2*18-,19+,20-,21-/m111/s1. The molecule has 5 heterocycles. The van der Waals surface area contributed by atoms with Gasteiger partial charge in [-0.25, -0.2) is 4.79 Å². The molecule has 490 valence electrons. The monoisotopic (exact) mass is 1370 g/mol. The van der Waals surface area contributed by atoms with Gasteiger partial charge >= 0.3 is 6.09 Å². The van der Waals surface area contributed by atoms with Gasteiger partial charge in [0, 0.05) is 19.0 Å². The maximum absolute atomic E-state index is 13.3. The number of amides is 1. The van der Waals surface area contributed by atoms with E-state index in [1.165, 1.54) is 31.1 Å². The van der Waals surface area contributed by atoms with Crippen LogP contribution < -0.4 is 42.2 Å². The number of rotatable bonds is 16. The van der Waals surface area contributed by atoms with E-state index in [4.69, 9.17) is 84.4 Å². The lowest BCUT2D eigenvalue weighted by molar-refractivity contribution is 0.0653. The van der Waals surface area contributed by atoms with Gasteiger partial charge in [0.15, 0.2) is 0 Å². The van der Waals surface area contributed by atoms with E-state index < -0.39 is 25.0 Å². The highest BCUT2D eigenvalue weighted by Crippen LogP contribution is 2.44. The van der Waals surface area contributed by atoms with Gasteiger partial charge < -0.3 is 43.3 Å². The second-order valence-electron chi connectivity index (χ2n) is 27.7. The van der Waals surface area contributed by atoms with Crippen molar-refractivity contribution in [2.45, 2.75) is 155 Å². The zero-order chi connectivity index (χ0) is 65.5. The zero-order valence-electron chi connectivity index (χ0n) is 54.4. The Hall–Kier alpha value is -4.70. The molecular weight excluding hydrogens is 1280 g/mol. The summed E-state index contributed by atoms with van der Waals surface area (Å²) in [5.41, 5.74) is 7.48. The molecule has 11 nitrogen and oxygen atoms in total. The van der Waals surface area contributed by atoms with E-state index in [1.807, 2.05) is 54.6 Å². The number of halogens is 4. The fourth-order valence-corrected chi connectivity index (χ4v) is 29.6. The van der Waals surface area contributed by atoms with Crippen molar-refractivity contribution in [3.63, 3.8) is 0 Å². The number of hydrogen-bond donors (Lipinski definition) is 2. The number of alkyl halides is 4. The van der Waals surface area contributed by atoms with E-state index in [2.05, 4.69) is 225 Å². The van der Waals surface area contributed by atoms with Crippen LogP contribution in [0.3, 0.4) is 0 Å². The second-order valence-corrected chi connectivity index (χ2v) is 42.5. The number of nitrogens with two attached hydrogens (primary N) is 1. The smallest absolute Gasteiger partial charge is 0.410 e. The molecule has 12 atom stereocenters. The average molecular weight is 1380 g/mol. The van der Waals surface area contributed by atoms with E-state index in [0.717, 1.165) is 12.1 Å². The molecule has 5 aliphatic rings. The molecule has 7 aromatic rings. The summed E-state index contributed by atoms with van der Waals surface area (Å²) in [4.78, 5) is 15.0. The van der Waals surface area contributed by atoms with Gasteiger partial charge in [-0.2, -0.15) is 0 Å². The molecule has 92 heavy (non-hydrogen) atoms. The number of likely N-dealkylation sites (tertiary alicyclic amines) is 1. The van der Waals surface area contributed by atoms with E-state index in [0.29, 0.717) is 32.2 Å². The third-order valence-electron chi connectivity index (χ3n) is 18.8. The van der Waals surface area contributed by atoms with Crippen molar-refractivity contribution in [2.75, 3.05) is 38.8 Å². The van der Waals surface area contributed by atoms with Gasteiger partial charge in [-0.15, -0.1) is 46.4 Å². The van der Waals surface area contributed by atoms with Crippen LogP contribution in [0.15, 0.2) is 212 Å². The minimum Gasteiger partial charge on any atom is -0.445 e. The van der Waals surface area contributed by atoms with Crippen LogP contribution in [-0.4, -0.2) is 146 Å². The first-order valence-corrected chi connectivity index (χ1v) is 39.8. The summed E-state index contributed by atoms with van der Waals surface area (Å²) < 4.78 is 45.5. The molecule has 0 bridgehead atoms. The number of nitrogens with zero attached hydrogens (tertiary/aromatic N) is 1. The number of fused-ring (bicyclic) bond motifs is 2. The predicted molar refractivity (Wildman–Crippen MR) is 383 cm³/mol. The van der Waals surface area contributed by atoms with E-state index in [9.17, 15) is 4.79 Å². The molecule has 12 rings (SSSR count). The summed E-state index contributed by atoms with van der Waals surface area (Å²) in [5, 5.41) is 10.0.